The predicted molar refractivity (Wildman–Crippen MR) is 73.7 cm³/mol. The summed E-state index contributed by atoms with van der Waals surface area (Å²) in [7, 11) is 1.62. The summed E-state index contributed by atoms with van der Waals surface area (Å²) in [5, 5.41) is 0. The fourth-order valence-electron chi connectivity index (χ4n) is 2.86. The van der Waals surface area contributed by atoms with E-state index in [1.807, 2.05) is 18.2 Å². The van der Waals surface area contributed by atoms with E-state index in [4.69, 9.17) is 4.74 Å². The molecule has 1 atom stereocenters. The molecule has 1 fully saturated rings. The minimum Gasteiger partial charge on any atom is -0.496 e. The Hall–Kier alpha value is -1.51. The highest BCUT2D eigenvalue weighted by Crippen LogP contribution is 2.34. The minimum absolute atomic E-state index is 0.0733. The lowest BCUT2D eigenvalue weighted by molar-refractivity contribution is 0.101. The molecule has 2 rings (SSSR count). The molecule has 1 aliphatic rings. The van der Waals surface area contributed by atoms with Gasteiger partial charge >= 0.3 is 0 Å². The Morgan fingerprint density at radius 3 is 2.89 bits per heavy atom. The topological polar surface area (TPSA) is 29.5 Å². The van der Waals surface area contributed by atoms with Gasteiger partial charge in [0.05, 0.1) is 18.4 Å². The highest BCUT2D eigenvalue weighted by Gasteiger charge is 2.27. The highest BCUT2D eigenvalue weighted by atomic mass is 16.5. The normalized spacial score (nSPS) is 19.1. The average molecular weight is 247 g/mol. The number of hydrogen-bond acceptors (Lipinski definition) is 3. The molecule has 0 saturated carbocycles. The second-order valence-electron chi connectivity index (χ2n) is 4.81. The van der Waals surface area contributed by atoms with Crippen LogP contribution in [-0.2, 0) is 0 Å². The first kappa shape index (κ1) is 12.9. The third-order valence-corrected chi connectivity index (χ3v) is 3.73. The largest absolute Gasteiger partial charge is 0.496 e. The van der Waals surface area contributed by atoms with E-state index in [9.17, 15) is 4.79 Å². The average Bonchev–Trinajstić information content (AvgIpc) is 2.85. The Labute approximate surface area is 109 Å². The highest BCUT2D eigenvalue weighted by molar-refractivity contribution is 6.02. The van der Waals surface area contributed by atoms with Crippen LogP contribution in [0.4, 0.5) is 5.69 Å². The zero-order chi connectivity index (χ0) is 13.1. The lowest BCUT2D eigenvalue weighted by Gasteiger charge is -2.28. The lowest BCUT2D eigenvalue weighted by atomic mass is 10.1. The molecule has 0 spiro atoms. The van der Waals surface area contributed by atoms with Crippen molar-refractivity contribution >= 4 is 11.5 Å². The molecular weight excluding hydrogens is 226 g/mol. The van der Waals surface area contributed by atoms with Crippen molar-refractivity contribution in [3.63, 3.8) is 0 Å². The number of hydrogen-bond donors (Lipinski definition) is 0. The molecule has 0 bridgehead atoms. The van der Waals surface area contributed by atoms with Crippen molar-refractivity contribution in [3.05, 3.63) is 23.8 Å². The monoisotopic (exact) mass is 247 g/mol. The van der Waals surface area contributed by atoms with E-state index in [1.165, 1.54) is 12.8 Å². The summed E-state index contributed by atoms with van der Waals surface area (Å²) in [5.41, 5.74) is 1.76. The third kappa shape index (κ3) is 2.22. The molecule has 3 heteroatoms. The Balaban J connectivity index is 2.46. The molecule has 1 aromatic carbocycles. The summed E-state index contributed by atoms with van der Waals surface area (Å²) in [6.07, 6.45) is 3.53. The predicted octanol–water partition coefficient (Wildman–Crippen LogP) is 3.28. The number of Topliss-reactive ketones (excluding diaryl/α,β-unsaturated/α-hetero) is 1. The van der Waals surface area contributed by atoms with Gasteiger partial charge in [0.25, 0.3) is 0 Å². The van der Waals surface area contributed by atoms with E-state index in [1.54, 1.807) is 14.0 Å². The van der Waals surface area contributed by atoms with Gasteiger partial charge in [0.1, 0.15) is 5.75 Å². The molecule has 0 N–H and O–H groups in total. The number of anilines is 1. The van der Waals surface area contributed by atoms with Crippen LogP contribution in [0.2, 0.25) is 0 Å². The van der Waals surface area contributed by atoms with E-state index in [2.05, 4.69) is 11.8 Å². The van der Waals surface area contributed by atoms with Gasteiger partial charge in [-0.1, -0.05) is 13.0 Å². The SMILES string of the molecule is CCC1CCCN1c1cccc(OC)c1C(C)=O. The van der Waals surface area contributed by atoms with Crippen molar-refractivity contribution in [3.8, 4) is 5.75 Å². The van der Waals surface area contributed by atoms with Crippen LogP contribution in [0.15, 0.2) is 18.2 Å². The number of benzene rings is 1. The number of rotatable bonds is 4. The first-order valence-corrected chi connectivity index (χ1v) is 6.63. The molecule has 18 heavy (non-hydrogen) atoms. The fraction of sp³-hybridized carbons (Fsp3) is 0.533. The van der Waals surface area contributed by atoms with E-state index >= 15 is 0 Å². The Bertz CT molecular complexity index is 442. The maximum atomic E-state index is 11.9. The molecule has 0 amide bonds. The van der Waals surface area contributed by atoms with Crippen molar-refractivity contribution in [2.45, 2.75) is 39.2 Å². The lowest BCUT2D eigenvalue weighted by Crippen LogP contribution is -2.29. The van der Waals surface area contributed by atoms with Crippen LogP contribution < -0.4 is 9.64 Å². The first-order valence-electron chi connectivity index (χ1n) is 6.63. The van der Waals surface area contributed by atoms with E-state index in [0.717, 1.165) is 24.2 Å². The van der Waals surface area contributed by atoms with Gasteiger partial charge in [0.2, 0.25) is 0 Å². The number of ketones is 1. The zero-order valence-electron chi connectivity index (χ0n) is 11.4. The second kappa shape index (κ2) is 5.42. The van der Waals surface area contributed by atoms with Crippen LogP contribution in [0.25, 0.3) is 0 Å². The van der Waals surface area contributed by atoms with Gasteiger partial charge in [-0.3, -0.25) is 4.79 Å². The van der Waals surface area contributed by atoms with Crippen molar-refractivity contribution in [2.75, 3.05) is 18.6 Å². The molecule has 1 unspecified atom stereocenters. The smallest absolute Gasteiger partial charge is 0.165 e. The molecule has 1 saturated heterocycles. The van der Waals surface area contributed by atoms with Crippen LogP contribution >= 0.6 is 0 Å². The molecule has 0 aromatic heterocycles. The van der Waals surface area contributed by atoms with E-state index in [0.29, 0.717) is 11.8 Å². The van der Waals surface area contributed by atoms with Crippen molar-refractivity contribution in [1.82, 2.24) is 0 Å². The summed E-state index contributed by atoms with van der Waals surface area (Å²) >= 11 is 0. The number of nitrogens with zero attached hydrogens (tertiary/aromatic N) is 1. The molecule has 0 aliphatic carbocycles. The molecule has 1 aromatic rings. The summed E-state index contributed by atoms with van der Waals surface area (Å²) in [6.45, 7) is 4.85. The molecule has 1 heterocycles. The summed E-state index contributed by atoms with van der Waals surface area (Å²) in [6, 6.07) is 6.41. The standard InChI is InChI=1S/C15H21NO2/c1-4-12-7-6-10-16(12)13-8-5-9-14(18-3)15(13)11(2)17/h5,8-9,12H,4,6-7,10H2,1-3H3. The number of carbonyl (C=O) groups excluding carboxylic acids is 1. The zero-order valence-corrected chi connectivity index (χ0v) is 11.4. The maximum Gasteiger partial charge on any atom is 0.165 e. The van der Waals surface area contributed by atoms with E-state index in [-0.39, 0.29) is 5.78 Å². The van der Waals surface area contributed by atoms with Crippen LogP contribution in [0.3, 0.4) is 0 Å². The van der Waals surface area contributed by atoms with Gasteiger partial charge in [-0.05, 0) is 38.3 Å². The van der Waals surface area contributed by atoms with Gasteiger partial charge in [-0.15, -0.1) is 0 Å². The first-order chi connectivity index (χ1) is 8.69. The third-order valence-electron chi connectivity index (χ3n) is 3.73. The summed E-state index contributed by atoms with van der Waals surface area (Å²) < 4.78 is 5.33. The van der Waals surface area contributed by atoms with Crippen molar-refractivity contribution in [1.29, 1.82) is 0 Å². The summed E-state index contributed by atoms with van der Waals surface area (Å²) in [4.78, 5) is 14.3. The van der Waals surface area contributed by atoms with Gasteiger partial charge in [-0.25, -0.2) is 0 Å². The molecular formula is C15H21NO2. The van der Waals surface area contributed by atoms with Crippen LogP contribution in [-0.4, -0.2) is 25.5 Å². The van der Waals surface area contributed by atoms with Crippen LogP contribution in [0, 0.1) is 0 Å². The van der Waals surface area contributed by atoms with E-state index < -0.39 is 0 Å². The number of methoxy groups -OCH3 is 1. The van der Waals surface area contributed by atoms with Crippen LogP contribution in [0.5, 0.6) is 5.75 Å². The summed E-state index contributed by atoms with van der Waals surface area (Å²) in [5.74, 6) is 0.756. The van der Waals surface area contributed by atoms with Crippen molar-refractivity contribution < 1.29 is 9.53 Å². The minimum atomic E-state index is 0.0733. The fourth-order valence-corrected chi connectivity index (χ4v) is 2.86. The number of ether oxygens (including phenoxy) is 1. The molecule has 98 valence electrons. The Morgan fingerprint density at radius 1 is 1.50 bits per heavy atom. The Kier molecular flexibility index (Phi) is 3.90. The van der Waals surface area contributed by atoms with Gasteiger partial charge < -0.3 is 9.64 Å². The number of carbonyl (C=O) groups is 1. The maximum absolute atomic E-state index is 11.9. The van der Waals surface area contributed by atoms with Gasteiger partial charge in [0.15, 0.2) is 5.78 Å². The second-order valence-corrected chi connectivity index (χ2v) is 4.81. The molecule has 1 aliphatic heterocycles. The van der Waals surface area contributed by atoms with Crippen molar-refractivity contribution in [2.24, 2.45) is 0 Å². The Morgan fingerprint density at radius 2 is 2.28 bits per heavy atom. The van der Waals surface area contributed by atoms with Gasteiger partial charge in [-0.2, -0.15) is 0 Å². The molecule has 3 nitrogen and oxygen atoms in total. The van der Waals surface area contributed by atoms with Crippen LogP contribution in [0.1, 0.15) is 43.5 Å². The molecule has 0 radical (unpaired) electrons. The quantitative estimate of drug-likeness (QED) is 0.765. The van der Waals surface area contributed by atoms with Gasteiger partial charge in [0, 0.05) is 12.6 Å².